The molecule has 3 aromatic heterocycles. The lowest BCUT2D eigenvalue weighted by molar-refractivity contribution is 0.0689. The van der Waals surface area contributed by atoms with Crippen molar-refractivity contribution in [1.29, 1.82) is 0 Å². The Morgan fingerprint density at radius 3 is 2.80 bits per heavy atom. The van der Waals surface area contributed by atoms with Crippen LogP contribution in [0.15, 0.2) is 17.1 Å². The van der Waals surface area contributed by atoms with Gasteiger partial charge < -0.3 is 5.11 Å². The van der Waals surface area contributed by atoms with Crippen LogP contribution in [0, 0.1) is 13.8 Å². The van der Waals surface area contributed by atoms with Crippen molar-refractivity contribution in [3.8, 4) is 5.95 Å². The second kappa shape index (κ2) is 4.02. The van der Waals surface area contributed by atoms with Crippen molar-refractivity contribution in [2.75, 3.05) is 0 Å². The number of hydrogen-bond donors (Lipinski definition) is 2. The van der Waals surface area contributed by atoms with Crippen molar-refractivity contribution in [2.45, 2.75) is 13.8 Å². The summed E-state index contributed by atoms with van der Waals surface area (Å²) in [7, 11) is 0. The molecule has 3 rings (SSSR count). The standard InChI is InChI=1S/C11H10N6O3/c1-5-3-7-9(18)12-11(14-16(7)4-5)17-6(2)8(10(19)20)13-15-17/h3-4H,1-2H3,(H,19,20)(H,12,14,18). The summed E-state index contributed by atoms with van der Waals surface area (Å²) in [6, 6.07) is 1.70. The van der Waals surface area contributed by atoms with Gasteiger partial charge in [0, 0.05) is 6.20 Å². The highest BCUT2D eigenvalue weighted by Crippen LogP contribution is 2.08. The molecule has 102 valence electrons. The Morgan fingerprint density at radius 1 is 1.40 bits per heavy atom. The molecule has 0 unspecified atom stereocenters. The van der Waals surface area contributed by atoms with Crippen molar-refractivity contribution < 1.29 is 9.90 Å². The summed E-state index contributed by atoms with van der Waals surface area (Å²) in [5.41, 5.74) is 1.05. The minimum absolute atomic E-state index is 0.107. The van der Waals surface area contributed by atoms with E-state index in [9.17, 15) is 9.59 Å². The molecule has 0 spiro atoms. The van der Waals surface area contributed by atoms with E-state index in [2.05, 4.69) is 20.4 Å². The van der Waals surface area contributed by atoms with Crippen LogP contribution >= 0.6 is 0 Å². The minimum atomic E-state index is -1.19. The van der Waals surface area contributed by atoms with Crippen LogP contribution in [0.4, 0.5) is 0 Å². The van der Waals surface area contributed by atoms with Gasteiger partial charge in [0.25, 0.3) is 11.5 Å². The SMILES string of the molecule is Cc1cc2c(=O)[nH]c(-n3nnc(C(=O)O)c3C)nn2c1. The number of aryl methyl sites for hydroxylation is 1. The van der Waals surface area contributed by atoms with Crippen LogP contribution in [0.5, 0.6) is 0 Å². The zero-order valence-corrected chi connectivity index (χ0v) is 10.7. The lowest BCUT2D eigenvalue weighted by Gasteiger charge is -2.02. The number of aromatic amines is 1. The van der Waals surface area contributed by atoms with Crippen molar-refractivity contribution >= 4 is 11.5 Å². The maximum Gasteiger partial charge on any atom is 0.358 e. The number of nitrogens with one attached hydrogen (secondary N) is 1. The van der Waals surface area contributed by atoms with E-state index in [0.29, 0.717) is 5.52 Å². The van der Waals surface area contributed by atoms with Gasteiger partial charge in [0.1, 0.15) is 5.52 Å². The first kappa shape index (κ1) is 12.1. The van der Waals surface area contributed by atoms with Gasteiger partial charge >= 0.3 is 5.97 Å². The Kier molecular flexibility index (Phi) is 2.43. The van der Waals surface area contributed by atoms with Gasteiger partial charge in [0.2, 0.25) is 0 Å². The van der Waals surface area contributed by atoms with Crippen molar-refractivity contribution in [1.82, 2.24) is 29.6 Å². The lowest BCUT2D eigenvalue weighted by Crippen LogP contribution is -2.18. The molecule has 0 atom stereocenters. The van der Waals surface area contributed by atoms with E-state index in [-0.39, 0.29) is 22.9 Å². The second-order valence-electron chi connectivity index (χ2n) is 4.37. The van der Waals surface area contributed by atoms with Crippen LogP contribution in [-0.2, 0) is 0 Å². The number of aromatic carboxylic acids is 1. The Labute approximate surface area is 111 Å². The highest BCUT2D eigenvalue weighted by Gasteiger charge is 2.18. The van der Waals surface area contributed by atoms with Gasteiger partial charge in [0.15, 0.2) is 5.69 Å². The fraction of sp³-hybridized carbons (Fsp3) is 0.182. The number of carboxylic acid groups (broad SMARTS) is 1. The summed E-state index contributed by atoms with van der Waals surface area (Å²) in [5.74, 6) is -1.08. The van der Waals surface area contributed by atoms with E-state index in [1.165, 1.54) is 16.1 Å². The predicted octanol–water partition coefficient (Wildman–Crippen LogP) is -0.0817. The third kappa shape index (κ3) is 1.67. The number of H-pyrrole nitrogens is 1. The van der Waals surface area contributed by atoms with E-state index < -0.39 is 5.97 Å². The van der Waals surface area contributed by atoms with E-state index >= 15 is 0 Å². The molecule has 20 heavy (non-hydrogen) atoms. The van der Waals surface area contributed by atoms with Gasteiger partial charge in [-0.2, -0.15) is 4.68 Å². The third-order valence-corrected chi connectivity index (χ3v) is 2.90. The number of hydrogen-bond acceptors (Lipinski definition) is 5. The van der Waals surface area contributed by atoms with E-state index in [0.717, 1.165) is 5.56 Å². The monoisotopic (exact) mass is 274 g/mol. The largest absolute Gasteiger partial charge is 0.476 e. The quantitative estimate of drug-likeness (QED) is 0.674. The number of nitrogens with zero attached hydrogens (tertiary/aromatic N) is 5. The summed E-state index contributed by atoms with van der Waals surface area (Å²) in [5, 5.41) is 20.4. The molecule has 9 nitrogen and oxygen atoms in total. The molecule has 9 heteroatoms. The van der Waals surface area contributed by atoms with Crippen molar-refractivity contribution in [3.05, 3.63) is 39.6 Å². The van der Waals surface area contributed by atoms with E-state index in [1.807, 2.05) is 6.92 Å². The molecule has 0 aliphatic heterocycles. The van der Waals surface area contributed by atoms with Crippen LogP contribution in [0.1, 0.15) is 21.7 Å². The Bertz CT molecular complexity index is 887. The second-order valence-corrected chi connectivity index (χ2v) is 4.37. The van der Waals surface area contributed by atoms with Crippen molar-refractivity contribution in [2.24, 2.45) is 0 Å². The highest BCUT2D eigenvalue weighted by molar-refractivity contribution is 5.86. The third-order valence-electron chi connectivity index (χ3n) is 2.90. The van der Waals surface area contributed by atoms with Crippen molar-refractivity contribution in [3.63, 3.8) is 0 Å². The van der Waals surface area contributed by atoms with Crippen LogP contribution in [0.2, 0.25) is 0 Å². The molecular weight excluding hydrogens is 264 g/mol. The zero-order chi connectivity index (χ0) is 14.4. The normalized spacial score (nSPS) is 11.1. The van der Waals surface area contributed by atoms with Crippen LogP contribution in [-0.4, -0.2) is 40.7 Å². The molecule has 2 N–H and O–H groups in total. The number of carboxylic acids is 1. The molecular formula is C11H10N6O3. The van der Waals surface area contributed by atoms with Gasteiger partial charge in [-0.25, -0.2) is 9.31 Å². The first-order valence-electron chi connectivity index (χ1n) is 5.72. The topological polar surface area (TPSA) is 118 Å². The van der Waals surface area contributed by atoms with Gasteiger partial charge in [0.05, 0.1) is 5.69 Å². The minimum Gasteiger partial charge on any atom is -0.476 e. The molecule has 0 fully saturated rings. The number of fused-ring (bicyclic) bond motifs is 1. The van der Waals surface area contributed by atoms with Gasteiger partial charge in [-0.1, -0.05) is 5.21 Å². The molecule has 0 aromatic carbocycles. The number of aromatic nitrogens is 6. The molecule has 0 aliphatic carbocycles. The van der Waals surface area contributed by atoms with Gasteiger partial charge in [-0.15, -0.1) is 10.2 Å². The fourth-order valence-corrected chi connectivity index (χ4v) is 1.95. The van der Waals surface area contributed by atoms with Crippen LogP contribution in [0.25, 0.3) is 11.5 Å². The average Bonchev–Trinajstić information content (AvgIpc) is 2.91. The number of carbonyl (C=O) groups is 1. The van der Waals surface area contributed by atoms with Gasteiger partial charge in [-0.3, -0.25) is 9.78 Å². The molecule has 0 aliphatic rings. The Morgan fingerprint density at radius 2 is 2.15 bits per heavy atom. The summed E-state index contributed by atoms with van der Waals surface area (Å²) >= 11 is 0. The molecule has 3 heterocycles. The molecule has 0 saturated heterocycles. The van der Waals surface area contributed by atoms with E-state index in [1.54, 1.807) is 12.3 Å². The number of rotatable bonds is 2. The van der Waals surface area contributed by atoms with Gasteiger partial charge in [-0.05, 0) is 25.5 Å². The van der Waals surface area contributed by atoms with E-state index in [4.69, 9.17) is 5.11 Å². The molecule has 0 radical (unpaired) electrons. The highest BCUT2D eigenvalue weighted by atomic mass is 16.4. The molecule has 0 amide bonds. The lowest BCUT2D eigenvalue weighted by atomic mass is 10.3. The Hall–Kier alpha value is -2.97. The first-order chi connectivity index (χ1) is 9.47. The van der Waals surface area contributed by atoms with Crippen LogP contribution < -0.4 is 5.56 Å². The molecule has 3 aromatic rings. The predicted molar refractivity (Wildman–Crippen MR) is 67.2 cm³/mol. The summed E-state index contributed by atoms with van der Waals surface area (Å²) in [6.45, 7) is 3.38. The summed E-state index contributed by atoms with van der Waals surface area (Å²) in [4.78, 5) is 25.4. The maximum absolute atomic E-state index is 11.9. The maximum atomic E-state index is 11.9. The van der Waals surface area contributed by atoms with Crippen LogP contribution in [0.3, 0.4) is 0 Å². The average molecular weight is 274 g/mol. The fourth-order valence-electron chi connectivity index (χ4n) is 1.95. The smallest absolute Gasteiger partial charge is 0.358 e. The first-order valence-corrected chi connectivity index (χ1v) is 5.72. The molecule has 0 bridgehead atoms. The summed E-state index contributed by atoms with van der Waals surface area (Å²) in [6.07, 6.45) is 1.69. The zero-order valence-electron chi connectivity index (χ0n) is 10.7. The molecule has 0 saturated carbocycles. The summed E-state index contributed by atoms with van der Waals surface area (Å²) < 4.78 is 2.60. The Balaban J connectivity index is 2.24.